The maximum absolute atomic E-state index is 13.0. The molecule has 4 rings (SSSR count). The molecular formula is C35H48ClN7O4. The van der Waals surface area contributed by atoms with Gasteiger partial charge in [0.25, 0.3) is 0 Å². The summed E-state index contributed by atoms with van der Waals surface area (Å²) in [5.41, 5.74) is 3.28. The molecular weight excluding hydrogens is 618 g/mol. The number of H-pyrrole nitrogens is 1. The standard InChI is InChI=1S/C35H48ClN7O4/c1-7-8-9-10-11-12-13-14-15-16-29(44)37-23-18-20-27(46-5)26(21-23)39-34(45)38-24-17-19-25(28(22-24)47-6)32-40-33-30(36)31(35(2,3)4)41-43(33)42-32/h17-22,41H,7-16H2,1-6H3,(H,37,44)(H2,38,39,45). The zero-order chi connectivity index (χ0) is 34.0. The number of carbonyl (C=O) groups is 2. The second-order valence-corrected chi connectivity index (χ2v) is 13.1. The fourth-order valence-corrected chi connectivity index (χ4v) is 5.80. The van der Waals surface area contributed by atoms with Crippen LogP contribution in [-0.4, -0.2) is 46.0 Å². The van der Waals surface area contributed by atoms with E-state index in [1.54, 1.807) is 41.0 Å². The van der Waals surface area contributed by atoms with Crippen molar-refractivity contribution in [3.63, 3.8) is 0 Å². The van der Waals surface area contributed by atoms with Gasteiger partial charge in [0, 0.05) is 29.3 Å². The summed E-state index contributed by atoms with van der Waals surface area (Å²) in [4.78, 5) is 30.2. The third-order valence-corrected chi connectivity index (χ3v) is 8.29. The average molecular weight is 666 g/mol. The number of anilines is 3. The first kappa shape index (κ1) is 35.6. The molecule has 2 aromatic heterocycles. The van der Waals surface area contributed by atoms with Crippen LogP contribution < -0.4 is 25.4 Å². The van der Waals surface area contributed by atoms with Gasteiger partial charge < -0.3 is 25.4 Å². The number of ether oxygens (including phenoxy) is 2. The highest BCUT2D eigenvalue weighted by Crippen LogP contribution is 2.35. The SMILES string of the molecule is CCCCCCCCCCCC(=O)Nc1ccc(OC)c(NC(=O)Nc2ccc(-c3nc4c(Cl)c(C(C)(C)C)[nH]n4n3)c(OC)c2)c1. The van der Waals surface area contributed by atoms with Crippen LogP contribution >= 0.6 is 11.6 Å². The van der Waals surface area contributed by atoms with Crippen LogP contribution in [0.4, 0.5) is 21.9 Å². The summed E-state index contributed by atoms with van der Waals surface area (Å²) in [6.45, 7) is 8.40. The van der Waals surface area contributed by atoms with Gasteiger partial charge in [-0.25, -0.2) is 9.78 Å². The lowest BCUT2D eigenvalue weighted by Gasteiger charge is -2.16. The van der Waals surface area contributed by atoms with Gasteiger partial charge in [0.05, 0.1) is 31.2 Å². The minimum atomic E-state index is -0.494. The summed E-state index contributed by atoms with van der Waals surface area (Å²) in [7, 11) is 3.06. The van der Waals surface area contributed by atoms with Crippen molar-refractivity contribution < 1.29 is 19.1 Å². The number of nitrogens with zero attached hydrogens (tertiary/aromatic N) is 3. The number of hydrogen-bond acceptors (Lipinski definition) is 6. The highest BCUT2D eigenvalue weighted by molar-refractivity contribution is 6.34. The minimum Gasteiger partial charge on any atom is -0.496 e. The Morgan fingerprint density at radius 3 is 2.13 bits per heavy atom. The van der Waals surface area contributed by atoms with E-state index in [4.69, 9.17) is 21.1 Å². The van der Waals surface area contributed by atoms with Crippen molar-refractivity contribution in [1.82, 2.24) is 19.8 Å². The van der Waals surface area contributed by atoms with E-state index in [9.17, 15) is 9.59 Å². The molecule has 0 aliphatic rings. The lowest BCUT2D eigenvalue weighted by atomic mass is 9.92. The molecule has 0 radical (unpaired) electrons. The maximum atomic E-state index is 13.0. The van der Waals surface area contributed by atoms with Gasteiger partial charge in [-0.15, -0.1) is 5.10 Å². The van der Waals surface area contributed by atoms with Crippen molar-refractivity contribution in [1.29, 1.82) is 0 Å². The van der Waals surface area contributed by atoms with Crippen LogP contribution in [0.2, 0.25) is 5.02 Å². The molecule has 47 heavy (non-hydrogen) atoms. The highest BCUT2D eigenvalue weighted by Gasteiger charge is 2.25. The Hall–Kier alpha value is -4.25. The third-order valence-electron chi connectivity index (χ3n) is 7.93. The third kappa shape index (κ3) is 9.63. The number of aromatic amines is 1. The van der Waals surface area contributed by atoms with Crippen molar-refractivity contribution in [3.05, 3.63) is 47.1 Å². The highest BCUT2D eigenvalue weighted by atomic mass is 35.5. The molecule has 3 amide bonds. The number of aromatic nitrogens is 4. The Bertz CT molecular complexity index is 1660. The fraction of sp³-hybridized carbons (Fsp3) is 0.486. The number of benzene rings is 2. The van der Waals surface area contributed by atoms with Crippen LogP contribution in [0.1, 0.15) is 97.6 Å². The van der Waals surface area contributed by atoms with Crippen LogP contribution in [0.5, 0.6) is 11.5 Å². The first-order chi connectivity index (χ1) is 22.5. The summed E-state index contributed by atoms with van der Waals surface area (Å²) in [6, 6.07) is 9.83. The zero-order valence-electron chi connectivity index (χ0n) is 28.4. The van der Waals surface area contributed by atoms with Crippen molar-refractivity contribution in [2.24, 2.45) is 0 Å². The molecule has 2 aromatic carbocycles. The Morgan fingerprint density at radius 1 is 0.851 bits per heavy atom. The molecule has 0 atom stereocenters. The Morgan fingerprint density at radius 2 is 1.49 bits per heavy atom. The predicted octanol–water partition coefficient (Wildman–Crippen LogP) is 9.20. The normalized spacial score (nSPS) is 11.5. The van der Waals surface area contributed by atoms with Crippen LogP contribution in [0.3, 0.4) is 0 Å². The molecule has 254 valence electrons. The van der Waals surface area contributed by atoms with E-state index in [0.717, 1.165) is 25.0 Å². The molecule has 4 N–H and O–H groups in total. The Labute approximate surface area is 282 Å². The number of urea groups is 1. The minimum absolute atomic E-state index is 0.0538. The molecule has 0 saturated heterocycles. The summed E-state index contributed by atoms with van der Waals surface area (Å²) < 4.78 is 12.6. The summed E-state index contributed by atoms with van der Waals surface area (Å²) in [5.74, 6) is 1.30. The van der Waals surface area contributed by atoms with E-state index in [1.165, 1.54) is 52.7 Å². The summed E-state index contributed by atoms with van der Waals surface area (Å²) in [6.07, 6.45) is 11.2. The molecule has 0 aliphatic heterocycles. The van der Waals surface area contributed by atoms with Gasteiger partial charge in [0.1, 0.15) is 16.5 Å². The number of nitrogens with one attached hydrogen (secondary N) is 4. The lowest BCUT2D eigenvalue weighted by Crippen LogP contribution is -2.20. The number of fused-ring (bicyclic) bond motifs is 1. The van der Waals surface area contributed by atoms with Crippen LogP contribution in [0, 0.1) is 0 Å². The van der Waals surface area contributed by atoms with Gasteiger partial charge in [-0.3, -0.25) is 9.89 Å². The quantitative estimate of drug-likeness (QED) is 0.0882. The topological polar surface area (TPSA) is 135 Å². The molecule has 0 spiro atoms. The molecule has 0 aliphatic carbocycles. The number of unbranched alkanes of at least 4 members (excludes halogenated alkanes) is 8. The fourth-order valence-electron chi connectivity index (χ4n) is 5.35. The molecule has 0 unspecified atom stereocenters. The van der Waals surface area contributed by atoms with Gasteiger partial charge in [-0.2, -0.15) is 4.63 Å². The van der Waals surface area contributed by atoms with E-state index in [-0.39, 0.29) is 11.3 Å². The number of carbonyl (C=O) groups excluding carboxylic acids is 2. The van der Waals surface area contributed by atoms with Crippen LogP contribution in [-0.2, 0) is 10.2 Å². The lowest BCUT2D eigenvalue weighted by molar-refractivity contribution is -0.116. The van der Waals surface area contributed by atoms with Gasteiger partial charge in [-0.1, -0.05) is 90.7 Å². The molecule has 11 nitrogen and oxygen atoms in total. The van der Waals surface area contributed by atoms with Gasteiger partial charge in [0.15, 0.2) is 11.5 Å². The Balaban J connectivity index is 1.34. The zero-order valence-corrected chi connectivity index (χ0v) is 29.1. The molecule has 12 heteroatoms. The largest absolute Gasteiger partial charge is 0.496 e. The second-order valence-electron chi connectivity index (χ2n) is 12.8. The predicted molar refractivity (Wildman–Crippen MR) is 189 cm³/mol. The van der Waals surface area contributed by atoms with Crippen molar-refractivity contribution in [2.45, 2.75) is 97.3 Å². The summed E-state index contributed by atoms with van der Waals surface area (Å²) in [5, 5.41) is 16.9. The van der Waals surface area contributed by atoms with Crippen LogP contribution in [0.25, 0.3) is 17.0 Å². The van der Waals surface area contributed by atoms with Gasteiger partial charge in [0.2, 0.25) is 5.91 Å². The average Bonchev–Trinajstić information content (AvgIpc) is 3.59. The van der Waals surface area contributed by atoms with Crippen molar-refractivity contribution in [2.75, 3.05) is 30.2 Å². The number of hydrogen-bond donors (Lipinski definition) is 4. The molecule has 0 bridgehead atoms. The van der Waals surface area contributed by atoms with E-state index < -0.39 is 6.03 Å². The molecule has 0 fully saturated rings. The van der Waals surface area contributed by atoms with E-state index in [0.29, 0.717) is 57.0 Å². The first-order valence-electron chi connectivity index (χ1n) is 16.4. The van der Waals surface area contributed by atoms with Gasteiger partial charge >= 0.3 is 6.03 Å². The molecule has 0 saturated carbocycles. The number of rotatable bonds is 16. The van der Waals surface area contributed by atoms with Crippen molar-refractivity contribution >= 4 is 46.2 Å². The van der Waals surface area contributed by atoms with E-state index in [1.807, 2.05) is 0 Å². The number of halogens is 1. The first-order valence-corrected chi connectivity index (χ1v) is 16.8. The number of methoxy groups -OCH3 is 2. The van der Waals surface area contributed by atoms with E-state index >= 15 is 0 Å². The Kier molecular flexibility index (Phi) is 12.5. The molecule has 2 heterocycles. The summed E-state index contributed by atoms with van der Waals surface area (Å²) >= 11 is 6.60. The van der Waals surface area contributed by atoms with E-state index in [2.05, 4.69) is 58.8 Å². The second kappa shape index (κ2) is 16.5. The number of amides is 3. The monoisotopic (exact) mass is 665 g/mol. The van der Waals surface area contributed by atoms with Gasteiger partial charge in [-0.05, 0) is 36.8 Å². The maximum Gasteiger partial charge on any atom is 0.323 e. The van der Waals surface area contributed by atoms with Crippen LogP contribution in [0.15, 0.2) is 36.4 Å². The molecule has 4 aromatic rings. The van der Waals surface area contributed by atoms with Crippen molar-refractivity contribution in [3.8, 4) is 22.9 Å². The smallest absolute Gasteiger partial charge is 0.323 e.